The molecule has 58 valence electrons. The van der Waals surface area contributed by atoms with Crippen LogP contribution in [0.4, 0.5) is 0 Å². The van der Waals surface area contributed by atoms with Crippen LogP contribution in [0.1, 0.15) is 20.8 Å². The van der Waals surface area contributed by atoms with Crippen molar-refractivity contribution in [2.75, 3.05) is 12.8 Å². The summed E-state index contributed by atoms with van der Waals surface area (Å²) in [5.41, 5.74) is 1.43. The van der Waals surface area contributed by atoms with Crippen LogP contribution >= 0.6 is 11.8 Å². The van der Waals surface area contributed by atoms with Gasteiger partial charge in [-0.3, -0.25) is 0 Å². The third-order valence-electron chi connectivity index (χ3n) is 2.24. The molecule has 0 fully saturated rings. The Labute approximate surface area is 67.5 Å². The van der Waals surface area contributed by atoms with Gasteiger partial charge in [-0.25, -0.2) is 0 Å². The Kier molecular flexibility index (Phi) is 2.29. The minimum atomic E-state index is 0.702. The number of allylic oxidation sites excluding steroid dienone is 2. The summed E-state index contributed by atoms with van der Waals surface area (Å²) in [4.78, 5) is 3.83. The van der Waals surface area contributed by atoms with Crippen molar-refractivity contribution >= 4 is 11.8 Å². The van der Waals surface area contributed by atoms with Crippen LogP contribution in [0.5, 0.6) is 0 Å². The third kappa shape index (κ3) is 1.31. The first-order valence-electron chi connectivity index (χ1n) is 3.66. The van der Waals surface area contributed by atoms with Gasteiger partial charge in [0.05, 0.1) is 0 Å². The monoisotopic (exact) mass is 157 g/mol. The molecule has 0 aliphatic carbocycles. The van der Waals surface area contributed by atoms with E-state index in [0.29, 0.717) is 6.04 Å². The van der Waals surface area contributed by atoms with Crippen LogP contribution in [0.25, 0.3) is 0 Å². The molecule has 0 spiro atoms. The van der Waals surface area contributed by atoms with Crippen LogP contribution in [0, 0.1) is 0 Å². The number of nitrogens with zero attached hydrogens (tertiary/aromatic N) is 1. The van der Waals surface area contributed by atoms with Gasteiger partial charge in [0.15, 0.2) is 0 Å². The lowest BCUT2D eigenvalue weighted by atomic mass is 10.3. The predicted octanol–water partition coefficient (Wildman–Crippen LogP) is 2.30. The molecule has 1 unspecified atom stereocenters. The molecule has 0 radical (unpaired) electrons. The summed E-state index contributed by atoms with van der Waals surface area (Å²) in [5, 5.41) is 0. The first-order chi connectivity index (χ1) is 4.63. The average molecular weight is 157 g/mol. The molecular formula is C8H15NS. The van der Waals surface area contributed by atoms with E-state index in [1.165, 1.54) is 16.4 Å². The van der Waals surface area contributed by atoms with E-state index >= 15 is 0 Å². The van der Waals surface area contributed by atoms with Crippen LogP contribution in [-0.4, -0.2) is 23.7 Å². The largest absolute Gasteiger partial charge is 0.374 e. The Hall–Kier alpha value is -0.110. The van der Waals surface area contributed by atoms with E-state index in [-0.39, 0.29) is 0 Å². The number of hydrogen-bond donors (Lipinski definition) is 0. The van der Waals surface area contributed by atoms with E-state index in [0.717, 1.165) is 0 Å². The maximum absolute atomic E-state index is 2.35. The summed E-state index contributed by atoms with van der Waals surface area (Å²) in [6.45, 7) is 6.66. The normalized spacial score (nSPS) is 27.6. The van der Waals surface area contributed by atoms with Gasteiger partial charge in [0.2, 0.25) is 0 Å². The fourth-order valence-electron chi connectivity index (χ4n) is 1.04. The van der Waals surface area contributed by atoms with Crippen molar-refractivity contribution in [3.63, 3.8) is 0 Å². The van der Waals surface area contributed by atoms with Gasteiger partial charge in [-0.05, 0) is 20.8 Å². The highest BCUT2D eigenvalue weighted by Gasteiger charge is 2.16. The zero-order valence-electron chi connectivity index (χ0n) is 7.14. The van der Waals surface area contributed by atoms with E-state index in [9.17, 15) is 0 Å². The first kappa shape index (κ1) is 7.99. The van der Waals surface area contributed by atoms with E-state index in [4.69, 9.17) is 0 Å². The van der Waals surface area contributed by atoms with Crippen molar-refractivity contribution in [1.29, 1.82) is 0 Å². The standard InChI is InChI=1S/C8H15NS/c1-6-5-10-8(3)7(2)9(6)4/h6H,5H2,1-4H3. The van der Waals surface area contributed by atoms with Crippen molar-refractivity contribution in [1.82, 2.24) is 4.90 Å². The molecule has 0 amide bonds. The van der Waals surface area contributed by atoms with Crippen molar-refractivity contribution in [2.24, 2.45) is 0 Å². The second-order valence-corrected chi connectivity index (χ2v) is 4.15. The lowest BCUT2D eigenvalue weighted by Gasteiger charge is -2.33. The SMILES string of the molecule is CC1=C(C)N(C)C(C)CS1. The summed E-state index contributed by atoms with van der Waals surface area (Å²) in [6.07, 6.45) is 0. The quantitative estimate of drug-likeness (QED) is 0.531. The van der Waals surface area contributed by atoms with E-state index in [2.05, 4.69) is 32.7 Å². The van der Waals surface area contributed by atoms with Gasteiger partial charge in [-0.1, -0.05) is 0 Å². The highest BCUT2D eigenvalue weighted by molar-refractivity contribution is 8.03. The van der Waals surface area contributed by atoms with Gasteiger partial charge >= 0.3 is 0 Å². The molecule has 0 N–H and O–H groups in total. The molecule has 1 nitrogen and oxygen atoms in total. The fourth-order valence-corrected chi connectivity index (χ4v) is 2.11. The Bertz CT molecular complexity index is 163. The minimum absolute atomic E-state index is 0.702. The Morgan fingerprint density at radius 2 is 2.10 bits per heavy atom. The predicted molar refractivity (Wildman–Crippen MR) is 48.1 cm³/mol. The van der Waals surface area contributed by atoms with E-state index in [1.807, 2.05) is 11.8 Å². The van der Waals surface area contributed by atoms with Crippen LogP contribution in [0.2, 0.25) is 0 Å². The molecule has 1 rings (SSSR count). The lowest BCUT2D eigenvalue weighted by Crippen LogP contribution is -2.32. The highest BCUT2D eigenvalue weighted by atomic mass is 32.2. The molecule has 1 aliphatic rings. The zero-order valence-corrected chi connectivity index (χ0v) is 7.96. The second-order valence-electron chi connectivity index (χ2n) is 2.91. The number of thioether (sulfide) groups is 1. The van der Waals surface area contributed by atoms with Gasteiger partial charge < -0.3 is 4.90 Å². The fraction of sp³-hybridized carbons (Fsp3) is 0.750. The van der Waals surface area contributed by atoms with Crippen molar-refractivity contribution in [3.05, 3.63) is 10.6 Å². The van der Waals surface area contributed by atoms with Gasteiger partial charge in [-0.2, -0.15) is 0 Å². The molecule has 1 atom stereocenters. The first-order valence-corrected chi connectivity index (χ1v) is 4.64. The summed E-state index contributed by atoms with van der Waals surface area (Å²) in [5.74, 6) is 1.24. The van der Waals surface area contributed by atoms with E-state index in [1.54, 1.807) is 0 Å². The summed E-state index contributed by atoms with van der Waals surface area (Å²) in [6, 6.07) is 0.702. The Morgan fingerprint density at radius 1 is 1.50 bits per heavy atom. The van der Waals surface area contributed by atoms with Crippen LogP contribution < -0.4 is 0 Å². The molecular weight excluding hydrogens is 142 g/mol. The molecule has 2 heteroatoms. The van der Waals surface area contributed by atoms with Gasteiger partial charge in [-0.15, -0.1) is 11.8 Å². The molecule has 10 heavy (non-hydrogen) atoms. The number of hydrogen-bond acceptors (Lipinski definition) is 2. The van der Waals surface area contributed by atoms with Gasteiger partial charge in [0, 0.05) is 29.4 Å². The van der Waals surface area contributed by atoms with Gasteiger partial charge in [0.25, 0.3) is 0 Å². The summed E-state index contributed by atoms with van der Waals surface area (Å²) in [7, 11) is 2.17. The van der Waals surface area contributed by atoms with Gasteiger partial charge in [0.1, 0.15) is 0 Å². The molecule has 0 aromatic heterocycles. The van der Waals surface area contributed by atoms with Crippen molar-refractivity contribution in [3.8, 4) is 0 Å². The minimum Gasteiger partial charge on any atom is -0.374 e. The lowest BCUT2D eigenvalue weighted by molar-refractivity contribution is 0.344. The molecule has 0 saturated heterocycles. The average Bonchev–Trinajstić information content (AvgIpc) is 1.93. The van der Waals surface area contributed by atoms with Crippen LogP contribution in [0.3, 0.4) is 0 Å². The maximum atomic E-state index is 2.35. The van der Waals surface area contributed by atoms with Crippen LogP contribution in [0.15, 0.2) is 10.6 Å². The third-order valence-corrected chi connectivity index (χ3v) is 3.62. The zero-order chi connectivity index (χ0) is 7.72. The topological polar surface area (TPSA) is 3.24 Å². The highest BCUT2D eigenvalue weighted by Crippen LogP contribution is 2.28. The smallest absolute Gasteiger partial charge is 0.0349 e. The van der Waals surface area contributed by atoms with Crippen LogP contribution in [-0.2, 0) is 0 Å². The molecule has 0 bridgehead atoms. The Morgan fingerprint density at radius 3 is 2.60 bits per heavy atom. The molecule has 1 aliphatic heterocycles. The molecule has 1 heterocycles. The van der Waals surface area contributed by atoms with E-state index < -0.39 is 0 Å². The summed E-state index contributed by atoms with van der Waals surface area (Å²) >= 11 is 1.98. The molecule has 0 aromatic carbocycles. The molecule has 0 aromatic rings. The maximum Gasteiger partial charge on any atom is 0.0349 e. The second kappa shape index (κ2) is 2.87. The van der Waals surface area contributed by atoms with Crippen molar-refractivity contribution < 1.29 is 0 Å². The number of rotatable bonds is 0. The Balaban J connectivity index is 2.77. The summed E-state index contributed by atoms with van der Waals surface area (Å²) < 4.78 is 0. The molecule has 0 saturated carbocycles. The van der Waals surface area contributed by atoms with Crippen molar-refractivity contribution in [2.45, 2.75) is 26.8 Å².